The third-order valence-corrected chi connectivity index (χ3v) is 3.73. The van der Waals surface area contributed by atoms with Gasteiger partial charge >= 0.3 is 0 Å². The highest BCUT2D eigenvalue weighted by molar-refractivity contribution is 5.85. The Balaban J connectivity index is 2.05. The van der Waals surface area contributed by atoms with E-state index in [2.05, 4.69) is 11.9 Å². The predicted molar refractivity (Wildman–Crippen MR) is 83.2 cm³/mol. The molecular weight excluding hydrogens is 283 g/mol. The minimum atomic E-state index is -0.502. The first-order chi connectivity index (χ1) is 10.7. The first kappa shape index (κ1) is 14.5. The van der Waals surface area contributed by atoms with Crippen molar-refractivity contribution in [3.63, 3.8) is 0 Å². The van der Waals surface area contributed by atoms with Gasteiger partial charge < -0.3 is 8.98 Å². The topological polar surface area (TPSA) is 48.0 Å². The average molecular weight is 300 g/mol. The third kappa shape index (κ3) is 2.66. The smallest absolute Gasteiger partial charge is 0.258 e. The van der Waals surface area contributed by atoms with Crippen LogP contribution < -0.4 is 5.56 Å². The number of hydrogen-bond acceptors (Lipinski definition) is 3. The number of nitrogens with zero attached hydrogens (tertiary/aromatic N) is 2. The highest BCUT2D eigenvalue weighted by Crippen LogP contribution is 2.25. The predicted octanol–water partition coefficient (Wildman–Crippen LogP) is 3.99. The van der Waals surface area contributed by atoms with Gasteiger partial charge in [-0.3, -0.25) is 4.79 Å². The van der Waals surface area contributed by atoms with Crippen molar-refractivity contribution in [2.75, 3.05) is 0 Å². The lowest BCUT2D eigenvalue weighted by Gasteiger charge is -2.08. The van der Waals surface area contributed by atoms with Crippen LogP contribution in [0.4, 0.5) is 4.39 Å². The zero-order valence-corrected chi connectivity index (χ0v) is 12.4. The van der Waals surface area contributed by atoms with Crippen LogP contribution in [0.3, 0.4) is 0 Å². The van der Waals surface area contributed by atoms with E-state index < -0.39 is 5.82 Å². The summed E-state index contributed by atoms with van der Waals surface area (Å²) < 4.78 is 21.0. The molecule has 114 valence electrons. The van der Waals surface area contributed by atoms with Gasteiger partial charge in [-0.1, -0.05) is 19.8 Å². The number of hydrogen-bond donors (Lipinski definition) is 0. The van der Waals surface area contributed by atoms with Gasteiger partial charge in [0.1, 0.15) is 12.1 Å². The van der Waals surface area contributed by atoms with Crippen LogP contribution in [0.15, 0.2) is 46.1 Å². The van der Waals surface area contributed by atoms with Crippen molar-refractivity contribution >= 4 is 10.8 Å². The molecule has 5 heteroatoms. The first-order valence-electron chi connectivity index (χ1n) is 7.43. The Morgan fingerprint density at radius 3 is 2.91 bits per heavy atom. The second-order valence-electron chi connectivity index (χ2n) is 5.28. The largest absolute Gasteiger partial charge is 0.444 e. The van der Waals surface area contributed by atoms with Gasteiger partial charge in [0.2, 0.25) is 5.89 Å². The SMILES string of the molecule is CCCCCn1ccc2cc(-c3ncco3)c(F)cc2c1=O. The molecule has 0 bridgehead atoms. The molecule has 0 amide bonds. The Morgan fingerprint density at radius 1 is 1.32 bits per heavy atom. The van der Waals surface area contributed by atoms with Crippen molar-refractivity contribution in [2.45, 2.75) is 32.7 Å². The van der Waals surface area contributed by atoms with E-state index in [1.165, 1.54) is 18.5 Å². The van der Waals surface area contributed by atoms with Crippen molar-refractivity contribution < 1.29 is 8.81 Å². The van der Waals surface area contributed by atoms with Gasteiger partial charge in [-0.05, 0) is 30.0 Å². The number of unbranched alkanes of at least 4 members (excludes halogenated alkanes) is 2. The second-order valence-corrected chi connectivity index (χ2v) is 5.28. The summed E-state index contributed by atoms with van der Waals surface area (Å²) in [5.74, 6) is -0.287. The zero-order valence-electron chi connectivity index (χ0n) is 12.4. The molecule has 2 heterocycles. The molecule has 0 radical (unpaired) electrons. The van der Waals surface area contributed by atoms with Crippen LogP contribution in [0.2, 0.25) is 0 Å². The summed E-state index contributed by atoms with van der Waals surface area (Å²) in [6, 6.07) is 4.70. The number of fused-ring (bicyclic) bond motifs is 1. The normalized spacial score (nSPS) is 11.2. The van der Waals surface area contributed by atoms with E-state index in [4.69, 9.17) is 4.42 Å². The Kier molecular flexibility index (Phi) is 4.04. The van der Waals surface area contributed by atoms with Crippen molar-refractivity contribution in [3.05, 3.63) is 53.0 Å². The molecular formula is C17H17FN2O2. The van der Waals surface area contributed by atoms with E-state index in [1.54, 1.807) is 16.8 Å². The van der Waals surface area contributed by atoms with Gasteiger partial charge in [0.05, 0.1) is 17.1 Å². The lowest BCUT2D eigenvalue weighted by molar-refractivity contribution is 0.562. The maximum atomic E-state index is 14.3. The molecule has 3 aromatic rings. The minimum absolute atomic E-state index is 0.161. The summed E-state index contributed by atoms with van der Waals surface area (Å²) in [5.41, 5.74) is 0.104. The monoisotopic (exact) mass is 300 g/mol. The molecule has 0 aliphatic heterocycles. The van der Waals surface area contributed by atoms with Crippen LogP contribution in [-0.2, 0) is 6.54 Å². The van der Waals surface area contributed by atoms with E-state index in [0.717, 1.165) is 19.3 Å². The van der Waals surface area contributed by atoms with Gasteiger partial charge in [-0.15, -0.1) is 0 Å². The molecule has 0 spiro atoms. The van der Waals surface area contributed by atoms with Crippen LogP contribution >= 0.6 is 0 Å². The van der Waals surface area contributed by atoms with Gasteiger partial charge in [0, 0.05) is 12.7 Å². The molecule has 3 rings (SSSR count). The fraction of sp³-hybridized carbons (Fsp3) is 0.294. The number of aromatic nitrogens is 2. The van der Waals surface area contributed by atoms with Crippen LogP contribution in [0.25, 0.3) is 22.2 Å². The molecule has 0 aliphatic rings. The fourth-order valence-electron chi connectivity index (χ4n) is 2.53. The molecule has 0 unspecified atom stereocenters. The number of halogens is 1. The standard InChI is InChI=1S/C17H17FN2O2/c1-2-3-4-7-20-8-5-12-10-14(16-19-6-9-22-16)15(18)11-13(12)17(20)21/h5-6,8-11H,2-4,7H2,1H3. The van der Waals surface area contributed by atoms with Gasteiger partial charge in [-0.25, -0.2) is 9.37 Å². The summed E-state index contributed by atoms with van der Waals surface area (Å²) in [5, 5.41) is 1.07. The molecule has 0 fully saturated rings. The van der Waals surface area contributed by atoms with E-state index in [-0.39, 0.29) is 17.0 Å². The summed E-state index contributed by atoms with van der Waals surface area (Å²) in [6.45, 7) is 2.77. The minimum Gasteiger partial charge on any atom is -0.444 e. The molecule has 2 aromatic heterocycles. The van der Waals surface area contributed by atoms with Gasteiger partial charge in [-0.2, -0.15) is 0 Å². The van der Waals surface area contributed by atoms with Crippen molar-refractivity contribution in [2.24, 2.45) is 0 Å². The molecule has 0 saturated heterocycles. The number of aryl methyl sites for hydroxylation is 1. The van der Waals surface area contributed by atoms with Gasteiger partial charge in [0.15, 0.2) is 0 Å². The van der Waals surface area contributed by atoms with Crippen molar-refractivity contribution in [3.8, 4) is 11.5 Å². The zero-order chi connectivity index (χ0) is 15.5. The van der Waals surface area contributed by atoms with Crippen LogP contribution in [0.5, 0.6) is 0 Å². The summed E-state index contributed by atoms with van der Waals surface area (Å²) in [4.78, 5) is 16.4. The number of rotatable bonds is 5. The molecule has 0 N–H and O–H groups in total. The Morgan fingerprint density at radius 2 is 2.18 bits per heavy atom. The quantitative estimate of drug-likeness (QED) is 0.669. The van der Waals surface area contributed by atoms with E-state index >= 15 is 0 Å². The van der Waals surface area contributed by atoms with E-state index in [9.17, 15) is 9.18 Å². The number of benzene rings is 1. The van der Waals surface area contributed by atoms with Crippen molar-refractivity contribution in [1.29, 1.82) is 0 Å². The van der Waals surface area contributed by atoms with E-state index in [0.29, 0.717) is 17.3 Å². The Hall–Kier alpha value is -2.43. The lowest BCUT2D eigenvalue weighted by Crippen LogP contribution is -2.19. The molecule has 1 aromatic carbocycles. The molecule has 4 nitrogen and oxygen atoms in total. The maximum Gasteiger partial charge on any atom is 0.258 e. The molecule has 0 atom stereocenters. The Labute approximate surface area is 127 Å². The highest BCUT2D eigenvalue weighted by Gasteiger charge is 2.13. The third-order valence-electron chi connectivity index (χ3n) is 3.73. The molecule has 22 heavy (non-hydrogen) atoms. The fourth-order valence-corrected chi connectivity index (χ4v) is 2.53. The first-order valence-corrected chi connectivity index (χ1v) is 7.43. The van der Waals surface area contributed by atoms with E-state index in [1.807, 2.05) is 6.07 Å². The summed E-state index contributed by atoms with van der Waals surface area (Å²) >= 11 is 0. The highest BCUT2D eigenvalue weighted by atomic mass is 19.1. The van der Waals surface area contributed by atoms with Gasteiger partial charge in [0.25, 0.3) is 5.56 Å². The number of pyridine rings is 1. The average Bonchev–Trinajstić information content (AvgIpc) is 3.04. The van der Waals surface area contributed by atoms with Crippen LogP contribution in [0.1, 0.15) is 26.2 Å². The second kappa shape index (κ2) is 6.13. The van der Waals surface area contributed by atoms with Crippen molar-refractivity contribution in [1.82, 2.24) is 9.55 Å². The molecule has 0 aliphatic carbocycles. The number of oxazole rings is 1. The van der Waals surface area contributed by atoms with Crippen LogP contribution in [0, 0.1) is 5.82 Å². The Bertz CT molecular complexity index is 838. The van der Waals surface area contributed by atoms with Crippen LogP contribution in [-0.4, -0.2) is 9.55 Å². The maximum absolute atomic E-state index is 14.3. The summed E-state index contributed by atoms with van der Waals surface area (Å²) in [7, 11) is 0. The summed E-state index contributed by atoms with van der Waals surface area (Å²) in [6.07, 6.45) is 7.73. The molecule has 0 saturated carbocycles. The lowest BCUT2D eigenvalue weighted by atomic mass is 10.1.